The molecule has 0 spiro atoms. The van der Waals surface area contributed by atoms with Crippen molar-refractivity contribution in [3.63, 3.8) is 0 Å². The third kappa shape index (κ3) is 4.43. The third-order valence-electron chi connectivity index (χ3n) is 3.48. The van der Waals surface area contributed by atoms with E-state index in [2.05, 4.69) is 4.40 Å². The first kappa shape index (κ1) is 17.6. The molecule has 6 heteroatoms. The van der Waals surface area contributed by atoms with E-state index in [0.29, 0.717) is 16.9 Å². The smallest absolute Gasteiger partial charge is 0.343 e. The van der Waals surface area contributed by atoms with Crippen LogP contribution in [0.1, 0.15) is 15.9 Å². The minimum atomic E-state index is -3.75. The van der Waals surface area contributed by atoms with Gasteiger partial charge in [0.05, 0.1) is 10.5 Å². The molecule has 0 heterocycles. The molecule has 0 aliphatic carbocycles. The summed E-state index contributed by atoms with van der Waals surface area (Å²) in [6.45, 7) is 0. The van der Waals surface area contributed by atoms with Gasteiger partial charge in [-0.05, 0) is 42.0 Å². The fourth-order valence-electron chi connectivity index (χ4n) is 2.14. The van der Waals surface area contributed by atoms with Crippen LogP contribution in [0.2, 0.25) is 0 Å². The molecule has 0 bridgehead atoms. The fourth-order valence-corrected chi connectivity index (χ4v) is 3.03. The minimum absolute atomic E-state index is 0.124. The summed E-state index contributed by atoms with van der Waals surface area (Å²) >= 11 is 0. The highest BCUT2D eigenvalue weighted by atomic mass is 32.2. The van der Waals surface area contributed by atoms with Gasteiger partial charge in [-0.1, -0.05) is 48.5 Å². The molecular formula is C20H15NO4S. The van der Waals surface area contributed by atoms with Crippen LogP contribution < -0.4 is 4.74 Å². The molecule has 0 saturated heterocycles. The van der Waals surface area contributed by atoms with Crippen molar-refractivity contribution >= 4 is 22.2 Å². The van der Waals surface area contributed by atoms with Crippen molar-refractivity contribution in [2.45, 2.75) is 4.90 Å². The van der Waals surface area contributed by atoms with E-state index in [9.17, 15) is 13.2 Å². The first-order valence-corrected chi connectivity index (χ1v) is 9.21. The molecule has 26 heavy (non-hydrogen) atoms. The van der Waals surface area contributed by atoms with E-state index in [1.165, 1.54) is 18.3 Å². The number of benzene rings is 3. The summed E-state index contributed by atoms with van der Waals surface area (Å²) in [6.07, 6.45) is 1.24. The molecule has 130 valence electrons. The number of hydrogen-bond acceptors (Lipinski definition) is 4. The van der Waals surface area contributed by atoms with E-state index in [0.717, 1.165) is 0 Å². The Morgan fingerprint density at radius 2 is 1.38 bits per heavy atom. The van der Waals surface area contributed by atoms with E-state index in [1.807, 2.05) is 6.07 Å². The lowest BCUT2D eigenvalue weighted by Gasteiger charge is -2.04. The van der Waals surface area contributed by atoms with Gasteiger partial charge in [-0.15, -0.1) is 0 Å². The van der Waals surface area contributed by atoms with Gasteiger partial charge in [0.25, 0.3) is 10.0 Å². The van der Waals surface area contributed by atoms with Crippen LogP contribution in [0.3, 0.4) is 0 Å². The zero-order valence-corrected chi connectivity index (χ0v) is 14.5. The topological polar surface area (TPSA) is 72.8 Å². The lowest BCUT2D eigenvalue weighted by Crippen LogP contribution is -2.08. The van der Waals surface area contributed by atoms with Gasteiger partial charge in [0.2, 0.25) is 0 Å². The Morgan fingerprint density at radius 3 is 2.00 bits per heavy atom. The maximum atomic E-state index is 12.1. The van der Waals surface area contributed by atoms with Crippen molar-refractivity contribution in [3.8, 4) is 5.75 Å². The molecule has 0 aliphatic heterocycles. The van der Waals surface area contributed by atoms with Crippen molar-refractivity contribution in [2.75, 3.05) is 0 Å². The molecule has 0 amide bonds. The number of esters is 1. The summed E-state index contributed by atoms with van der Waals surface area (Å²) in [6, 6.07) is 23.0. The van der Waals surface area contributed by atoms with Gasteiger partial charge < -0.3 is 4.74 Å². The zero-order valence-electron chi connectivity index (χ0n) is 13.6. The Bertz CT molecular complexity index is 1010. The third-order valence-corrected chi connectivity index (χ3v) is 4.73. The number of carbonyl (C=O) groups excluding carboxylic acids is 1. The number of ether oxygens (including phenoxy) is 1. The first-order chi connectivity index (χ1) is 12.5. The molecule has 0 saturated carbocycles. The summed E-state index contributed by atoms with van der Waals surface area (Å²) in [5.74, 6) is -0.0336. The summed E-state index contributed by atoms with van der Waals surface area (Å²) < 4.78 is 33.1. The molecule has 0 N–H and O–H groups in total. The van der Waals surface area contributed by atoms with Crippen LogP contribution in [0.4, 0.5) is 0 Å². The van der Waals surface area contributed by atoms with Crippen LogP contribution in [0.15, 0.2) is 94.2 Å². The zero-order chi connectivity index (χ0) is 18.4. The molecule has 0 aliphatic rings. The van der Waals surface area contributed by atoms with E-state index >= 15 is 0 Å². The number of sulfonamides is 1. The monoisotopic (exact) mass is 365 g/mol. The summed E-state index contributed by atoms with van der Waals surface area (Å²) in [7, 11) is -3.75. The molecule has 5 nitrogen and oxygen atoms in total. The lowest BCUT2D eigenvalue weighted by atomic mass is 10.1. The lowest BCUT2D eigenvalue weighted by molar-refractivity contribution is 0.0735. The summed E-state index contributed by atoms with van der Waals surface area (Å²) in [5.41, 5.74) is 0.915. The second-order valence-electron chi connectivity index (χ2n) is 5.35. The van der Waals surface area contributed by atoms with Gasteiger partial charge in [-0.2, -0.15) is 12.8 Å². The predicted octanol–water partition coefficient (Wildman–Crippen LogP) is 3.71. The normalized spacial score (nSPS) is 11.4. The molecule has 0 atom stereocenters. The van der Waals surface area contributed by atoms with Crippen molar-refractivity contribution in [1.82, 2.24) is 0 Å². The Morgan fingerprint density at radius 1 is 0.808 bits per heavy atom. The molecule has 3 aromatic rings. The Labute approximate surface area is 151 Å². The van der Waals surface area contributed by atoms with E-state index in [-0.39, 0.29) is 4.90 Å². The van der Waals surface area contributed by atoms with Crippen LogP contribution in [0.5, 0.6) is 5.75 Å². The highest BCUT2D eigenvalue weighted by Crippen LogP contribution is 2.13. The van der Waals surface area contributed by atoms with E-state index < -0.39 is 16.0 Å². The van der Waals surface area contributed by atoms with Gasteiger partial charge in [0.1, 0.15) is 5.75 Å². The second kappa shape index (κ2) is 7.76. The van der Waals surface area contributed by atoms with Gasteiger partial charge in [0, 0.05) is 6.21 Å². The minimum Gasteiger partial charge on any atom is -0.423 e. The Hall–Kier alpha value is -3.25. The van der Waals surface area contributed by atoms with Crippen molar-refractivity contribution in [2.24, 2.45) is 4.40 Å². The highest BCUT2D eigenvalue weighted by molar-refractivity contribution is 7.90. The van der Waals surface area contributed by atoms with Crippen LogP contribution >= 0.6 is 0 Å². The molecule has 0 fully saturated rings. The quantitative estimate of drug-likeness (QED) is 0.392. The average Bonchev–Trinajstić information content (AvgIpc) is 2.68. The highest BCUT2D eigenvalue weighted by Gasteiger charge is 2.11. The Kier molecular flexibility index (Phi) is 5.24. The number of hydrogen-bond donors (Lipinski definition) is 0. The van der Waals surface area contributed by atoms with Gasteiger partial charge >= 0.3 is 5.97 Å². The standard InChI is InChI=1S/C20H15NO4S/c22-20(25-18-7-3-1-4-8-18)17-13-11-16(12-14-17)15-21-26(23,24)19-9-5-2-6-10-19/h1-15H. The molecular weight excluding hydrogens is 350 g/mol. The number of carbonyl (C=O) groups is 1. The fraction of sp³-hybridized carbons (Fsp3) is 0. The van der Waals surface area contributed by atoms with E-state index in [1.54, 1.807) is 66.7 Å². The van der Waals surface area contributed by atoms with Crippen LogP contribution in [0, 0.1) is 0 Å². The van der Waals surface area contributed by atoms with Crippen LogP contribution in [-0.4, -0.2) is 20.6 Å². The summed E-state index contributed by atoms with van der Waals surface area (Å²) in [4.78, 5) is 12.2. The summed E-state index contributed by atoms with van der Waals surface area (Å²) in [5, 5.41) is 0. The van der Waals surface area contributed by atoms with Gasteiger partial charge in [0.15, 0.2) is 0 Å². The first-order valence-electron chi connectivity index (χ1n) is 7.77. The van der Waals surface area contributed by atoms with Gasteiger partial charge in [-0.25, -0.2) is 4.79 Å². The molecule has 0 aromatic heterocycles. The Balaban J connectivity index is 1.71. The van der Waals surface area contributed by atoms with Crippen molar-refractivity contribution in [3.05, 3.63) is 96.1 Å². The average molecular weight is 365 g/mol. The van der Waals surface area contributed by atoms with Crippen LogP contribution in [0.25, 0.3) is 0 Å². The van der Waals surface area contributed by atoms with Crippen molar-refractivity contribution < 1.29 is 17.9 Å². The van der Waals surface area contributed by atoms with Gasteiger partial charge in [-0.3, -0.25) is 0 Å². The van der Waals surface area contributed by atoms with Crippen molar-refractivity contribution in [1.29, 1.82) is 0 Å². The molecule has 3 aromatic carbocycles. The molecule has 0 radical (unpaired) electrons. The SMILES string of the molecule is O=C(Oc1ccccc1)c1ccc(C=NS(=O)(=O)c2ccccc2)cc1. The second-order valence-corrected chi connectivity index (χ2v) is 6.98. The largest absolute Gasteiger partial charge is 0.423 e. The van der Waals surface area contributed by atoms with Crippen LogP contribution in [-0.2, 0) is 10.0 Å². The number of nitrogens with zero attached hydrogens (tertiary/aromatic N) is 1. The molecule has 0 unspecified atom stereocenters. The maximum Gasteiger partial charge on any atom is 0.343 e. The number of rotatable bonds is 5. The maximum absolute atomic E-state index is 12.1. The van der Waals surface area contributed by atoms with E-state index in [4.69, 9.17) is 4.74 Å². The molecule has 3 rings (SSSR count). The predicted molar refractivity (Wildman–Crippen MR) is 99.1 cm³/mol. The number of para-hydroxylation sites is 1.